The molecule has 170 valence electrons. The van der Waals surface area contributed by atoms with Crippen LogP contribution >= 0.6 is 0 Å². The molecular formula is C21H29N3O7. The number of esters is 1. The molecule has 10 heteroatoms. The van der Waals surface area contributed by atoms with E-state index in [1.54, 1.807) is 27.7 Å². The van der Waals surface area contributed by atoms with Gasteiger partial charge in [-0.05, 0) is 33.6 Å². The predicted molar refractivity (Wildman–Crippen MR) is 113 cm³/mol. The molecule has 1 heterocycles. The highest BCUT2D eigenvalue weighted by Gasteiger charge is 2.38. The molecule has 1 aromatic rings. The molecule has 1 unspecified atom stereocenters. The maximum Gasteiger partial charge on any atom is 0.338 e. The van der Waals surface area contributed by atoms with E-state index < -0.39 is 29.1 Å². The molecule has 0 aromatic heterocycles. The molecule has 2 amide bonds. The molecule has 1 aliphatic heterocycles. The number of carbonyl (C=O) groups excluding carboxylic acids is 2. The molecule has 2 N–H and O–H groups in total. The second-order valence-corrected chi connectivity index (χ2v) is 7.45. The summed E-state index contributed by atoms with van der Waals surface area (Å²) in [5, 5.41) is 17.0. The summed E-state index contributed by atoms with van der Waals surface area (Å²) in [5.74, 6) is -0.535. The number of benzene rings is 1. The van der Waals surface area contributed by atoms with Crippen molar-refractivity contribution in [1.82, 2.24) is 10.6 Å². The zero-order valence-corrected chi connectivity index (χ0v) is 18.6. The minimum atomic E-state index is -1.01. The first kappa shape index (κ1) is 24.0. The van der Waals surface area contributed by atoms with Gasteiger partial charge in [0.2, 0.25) is 5.75 Å². The summed E-state index contributed by atoms with van der Waals surface area (Å²) in [6.07, 6.45) is -0.396. The van der Waals surface area contributed by atoms with E-state index in [4.69, 9.17) is 14.2 Å². The molecule has 0 saturated heterocycles. The fourth-order valence-corrected chi connectivity index (χ4v) is 3.26. The van der Waals surface area contributed by atoms with Crippen LogP contribution in [0, 0.1) is 16.0 Å². The molecule has 0 radical (unpaired) electrons. The van der Waals surface area contributed by atoms with Gasteiger partial charge in [-0.15, -0.1) is 0 Å². The lowest BCUT2D eigenvalue weighted by atomic mass is 9.90. The van der Waals surface area contributed by atoms with E-state index in [1.165, 1.54) is 12.1 Å². The number of hydrogen-bond donors (Lipinski definition) is 2. The maximum atomic E-state index is 13.0. The fraction of sp³-hybridized carbons (Fsp3) is 0.524. The number of nitrogens with zero attached hydrogens (tertiary/aromatic N) is 1. The highest BCUT2D eigenvalue weighted by molar-refractivity contribution is 5.95. The number of nitrogens with one attached hydrogen (secondary N) is 2. The number of nitro benzene ring substituents is 1. The van der Waals surface area contributed by atoms with Crippen LogP contribution in [0.4, 0.5) is 10.5 Å². The van der Waals surface area contributed by atoms with Gasteiger partial charge in [0.1, 0.15) is 5.75 Å². The van der Waals surface area contributed by atoms with E-state index in [0.717, 1.165) is 0 Å². The summed E-state index contributed by atoms with van der Waals surface area (Å²) in [4.78, 5) is 36.5. The van der Waals surface area contributed by atoms with Crippen molar-refractivity contribution in [2.45, 2.75) is 53.7 Å². The zero-order chi connectivity index (χ0) is 23.3. The van der Waals surface area contributed by atoms with Crippen LogP contribution in [0.3, 0.4) is 0 Å². The molecule has 0 spiro atoms. The molecule has 1 atom stereocenters. The molecule has 0 fully saturated rings. The third-order valence-corrected chi connectivity index (χ3v) is 4.44. The number of hydrogen-bond acceptors (Lipinski definition) is 7. The normalized spacial score (nSPS) is 16.1. The summed E-state index contributed by atoms with van der Waals surface area (Å²) in [6.45, 7) is 11.0. The van der Waals surface area contributed by atoms with E-state index in [9.17, 15) is 19.7 Å². The lowest BCUT2D eigenvalue weighted by molar-refractivity contribution is -0.385. The Balaban J connectivity index is 2.77. The largest absolute Gasteiger partial charge is 0.493 e. The van der Waals surface area contributed by atoms with Crippen molar-refractivity contribution >= 4 is 17.7 Å². The Morgan fingerprint density at radius 3 is 2.26 bits per heavy atom. The molecule has 1 aliphatic rings. The average molecular weight is 435 g/mol. The minimum Gasteiger partial charge on any atom is -0.493 e. The second-order valence-electron chi connectivity index (χ2n) is 7.45. The first-order valence-electron chi connectivity index (χ1n) is 10.2. The van der Waals surface area contributed by atoms with Crippen molar-refractivity contribution in [1.29, 1.82) is 0 Å². The van der Waals surface area contributed by atoms with Gasteiger partial charge in [-0.2, -0.15) is 0 Å². The Labute approximate surface area is 181 Å². The lowest BCUT2D eigenvalue weighted by Gasteiger charge is -2.32. The summed E-state index contributed by atoms with van der Waals surface area (Å²) in [7, 11) is 0. The van der Waals surface area contributed by atoms with E-state index >= 15 is 0 Å². The zero-order valence-electron chi connectivity index (χ0n) is 18.6. The highest BCUT2D eigenvalue weighted by Crippen LogP contribution is 2.41. The van der Waals surface area contributed by atoms with Crippen LogP contribution in [0.5, 0.6) is 11.5 Å². The van der Waals surface area contributed by atoms with Crippen molar-refractivity contribution in [3.8, 4) is 11.5 Å². The van der Waals surface area contributed by atoms with Crippen molar-refractivity contribution in [2.75, 3.05) is 13.2 Å². The Kier molecular flexibility index (Phi) is 7.84. The average Bonchev–Trinajstić information content (AvgIpc) is 2.67. The van der Waals surface area contributed by atoms with Crippen LogP contribution < -0.4 is 20.1 Å². The van der Waals surface area contributed by atoms with Crippen molar-refractivity contribution in [3.05, 3.63) is 39.1 Å². The van der Waals surface area contributed by atoms with Gasteiger partial charge in [0, 0.05) is 23.4 Å². The number of ether oxygens (including phenoxy) is 3. The lowest BCUT2D eigenvalue weighted by Crippen LogP contribution is -2.47. The number of rotatable bonds is 9. The van der Waals surface area contributed by atoms with Gasteiger partial charge in [-0.3, -0.25) is 10.1 Å². The van der Waals surface area contributed by atoms with Gasteiger partial charge in [0.05, 0.1) is 35.9 Å². The maximum absolute atomic E-state index is 13.0. The van der Waals surface area contributed by atoms with E-state index in [1.807, 2.05) is 13.8 Å². The van der Waals surface area contributed by atoms with Crippen LogP contribution in [0.1, 0.15) is 53.1 Å². The number of carbonyl (C=O) groups is 2. The number of nitro groups is 1. The van der Waals surface area contributed by atoms with Crippen LogP contribution in [-0.2, 0) is 9.53 Å². The van der Waals surface area contributed by atoms with Crippen LogP contribution in [0.25, 0.3) is 0 Å². The SMILES string of the molecule is CCOc1cc(OCC)c([N+](=O)[O-])cc1C1NC(=O)NC(C(C)C)=C1C(=O)OC(C)C. The smallest absolute Gasteiger partial charge is 0.338 e. The van der Waals surface area contributed by atoms with Crippen molar-refractivity contribution in [2.24, 2.45) is 5.92 Å². The third kappa shape index (κ3) is 5.44. The van der Waals surface area contributed by atoms with Gasteiger partial charge in [0.15, 0.2) is 0 Å². The monoisotopic (exact) mass is 435 g/mol. The van der Waals surface area contributed by atoms with Gasteiger partial charge in [-0.25, -0.2) is 9.59 Å². The first-order chi connectivity index (χ1) is 14.6. The second kappa shape index (κ2) is 10.1. The van der Waals surface area contributed by atoms with Gasteiger partial charge in [-0.1, -0.05) is 13.8 Å². The Morgan fingerprint density at radius 2 is 1.74 bits per heavy atom. The topological polar surface area (TPSA) is 129 Å². The Morgan fingerprint density at radius 1 is 1.13 bits per heavy atom. The van der Waals surface area contributed by atoms with E-state index in [-0.39, 0.29) is 47.5 Å². The summed E-state index contributed by atoms with van der Waals surface area (Å²) in [6, 6.07) is 1.14. The van der Waals surface area contributed by atoms with Crippen molar-refractivity contribution < 1.29 is 28.7 Å². The molecule has 1 aromatic carbocycles. The summed E-state index contributed by atoms with van der Waals surface area (Å²) >= 11 is 0. The standard InChI is InChI=1S/C21H29N3O7/c1-7-29-15-10-16(30-8-2)14(24(27)28)9-13(15)19-17(20(25)31-12(5)6)18(11(3)4)22-21(26)23-19/h9-12,19H,7-8H2,1-6H3,(H2,22,23,26). The Bertz CT molecular complexity index is 893. The molecule has 31 heavy (non-hydrogen) atoms. The highest BCUT2D eigenvalue weighted by atomic mass is 16.6. The van der Waals surface area contributed by atoms with Crippen LogP contribution in [0.15, 0.2) is 23.4 Å². The predicted octanol–water partition coefficient (Wildman–Crippen LogP) is 3.61. The number of amides is 2. The summed E-state index contributed by atoms with van der Waals surface area (Å²) in [5.41, 5.74) is 0.526. The third-order valence-electron chi connectivity index (χ3n) is 4.44. The van der Waals surface area contributed by atoms with Crippen LogP contribution in [-0.4, -0.2) is 36.2 Å². The van der Waals surface area contributed by atoms with E-state index in [0.29, 0.717) is 5.70 Å². The molecule has 10 nitrogen and oxygen atoms in total. The molecule has 0 aliphatic carbocycles. The molecule has 0 saturated carbocycles. The molecular weight excluding hydrogens is 406 g/mol. The van der Waals surface area contributed by atoms with Gasteiger partial charge < -0.3 is 24.8 Å². The van der Waals surface area contributed by atoms with Gasteiger partial charge >= 0.3 is 17.7 Å². The number of urea groups is 1. The quantitative estimate of drug-likeness (QED) is 0.344. The minimum absolute atomic E-state index is 0.0410. The van der Waals surface area contributed by atoms with Crippen molar-refractivity contribution in [3.63, 3.8) is 0 Å². The summed E-state index contributed by atoms with van der Waals surface area (Å²) < 4.78 is 16.5. The molecule has 2 rings (SSSR count). The fourth-order valence-electron chi connectivity index (χ4n) is 3.26. The van der Waals surface area contributed by atoms with Crippen LogP contribution in [0.2, 0.25) is 0 Å². The molecule has 0 bridgehead atoms. The van der Waals surface area contributed by atoms with E-state index in [2.05, 4.69) is 10.6 Å². The Hall–Kier alpha value is -3.30. The number of allylic oxidation sites excluding steroid dienone is 1. The first-order valence-corrected chi connectivity index (χ1v) is 10.2. The van der Waals surface area contributed by atoms with Gasteiger partial charge in [0.25, 0.3) is 0 Å².